The molecule has 0 spiro atoms. The Morgan fingerprint density at radius 1 is 1.48 bits per heavy atom. The van der Waals surface area contributed by atoms with Crippen LogP contribution in [-0.2, 0) is 0 Å². The minimum Gasteiger partial charge on any atom is -0.409 e. The Labute approximate surface area is 127 Å². The first-order chi connectivity index (χ1) is 10.1. The van der Waals surface area contributed by atoms with E-state index in [1.165, 1.54) is 19.4 Å². The van der Waals surface area contributed by atoms with Crippen molar-refractivity contribution in [3.8, 4) is 0 Å². The van der Waals surface area contributed by atoms with Gasteiger partial charge in [-0.15, -0.1) is 0 Å². The van der Waals surface area contributed by atoms with E-state index in [2.05, 4.69) is 29.1 Å². The average molecular weight is 290 g/mol. The summed E-state index contributed by atoms with van der Waals surface area (Å²) in [7, 11) is 4.29. The summed E-state index contributed by atoms with van der Waals surface area (Å²) in [5, 5.41) is 12.3. The van der Waals surface area contributed by atoms with Crippen LogP contribution in [-0.4, -0.2) is 60.6 Å². The molecule has 0 amide bonds. The molecule has 1 fully saturated rings. The van der Waals surface area contributed by atoms with E-state index in [4.69, 9.17) is 10.9 Å². The number of hydrogen-bond donors (Lipinski definition) is 2. The van der Waals surface area contributed by atoms with Gasteiger partial charge >= 0.3 is 0 Å². The highest BCUT2D eigenvalue weighted by molar-refractivity contribution is 5.87. The van der Waals surface area contributed by atoms with Gasteiger partial charge in [-0.2, -0.15) is 0 Å². The lowest BCUT2D eigenvalue weighted by Crippen LogP contribution is -2.47. The number of piperidine rings is 1. The number of benzene rings is 1. The Bertz CT molecular complexity index is 463. The third kappa shape index (κ3) is 4.19. The van der Waals surface area contributed by atoms with E-state index in [-0.39, 0.29) is 11.8 Å². The summed E-state index contributed by atoms with van der Waals surface area (Å²) in [5.41, 5.74) is 7.00. The highest BCUT2D eigenvalue weighted by atomic mass is 16.4. The minimum absolute atomic E-state index is 0.0755. The number of likely N-dealkylation sites (tertiary alicyclic amines) is 1. The number of rotatable bonds is 5. The fourth-order valence-electron chi connectivity index (χ4n) is 3.06. The van der Waals surface area contributed by atoms with Gasteiger partial charge in [-0.25, -0.2) is 0 Å². The maximum absolute atomic E-state index is 9.07. The largest absolute Gasteiger partial charge is 0.409 e. The molecule has 1 aliphatic heterocycles. The van der Waals surface area contributed by atoms with Gasteiger partial charge in [-0.1, -0.05) is 35.5 Å². The molecule has 1 aromatic carbocycles. The van der Waals surface area contributed by atoms with Crippen molar-refractivity contribution in [2.75, 3.05) is 33.7 Å². The SMILES string of the molecule is CN1CCCC(N(C)CC(C(N)=NO)c2ccccc2)C1. The summed E-state index contributed by atoms with van der Waals surface area (Å²) < 4.78 is 0. The summed E-state index contributed by atoms with van der Waals surface area (Å²) in [5.74, 6) is 0.200. The number of nitrogens with two attached hydrogens (primary N) is 1. The Kier molecular flexibility index (Phi) is 5.59. The zero-order valence-corrected chi connectivity index (χ0v) is 12.9. The first kappa shape index (κ1) is 15.8. The standard InChI is InChI=1S/C16H26N4O/c1-19-10-6-9-14(11-19)20(2)12-15(16(17)18-21)13-7-4-3-5-8-13/h3-5,7-8,14-15,21H,6,9-12H2,1-2H3,(H2,17,18). The van der Waals surface area contributed by atoms with Crippen LogP contribution in [0, 0.1) is 0 Å². The van der Waals surface area contributed by atoms with E-state index in [0.717, 1.165) is 18.7 Å². The Hall–Kier alpha value is -1.59. The second-order valence-electron chi connectivity index (χ2n) is 5.99. The van der Waals surface area contributed by atoms with Crippen LogP contribution in [0.5, 0.6) is 0 Å². The quantitative estimate of drug-likeness (QED) is 0.374. The molecule has 21 heavy (non-hydrogen) atoms. The van der Waals surface area contributed by atoms with Crippen LogP contribution in [0.2, 0.25) is 0 Å². The molecule has 1 aliphatic rings. The zero-order chi connectivity index (χ0) is 15.2. The van der Waals surface area contributed by atoms with Gasteiger partial charge in [0, 0.05) is 19.1 Å². The Morgan fingerprint density at radius 3 is 2.81 bits per heavy atom. The van der Waals surface area contributed by atoms with Gasteiger partial charge in [0.15, 0.2) is 0 Å². The normalized spacial score (nSPS) is 22.4. The van der Waals surface area contributed by atoms with Gasteiger partial charge in [0.2, 0.25) is 0 Å². The summed E-state index contributed by atoms with van der Waals surface area (Å²) in [6.07, 6.45) is 2.43. The van der Waals surface area contributed by atoms with Crippen molar-refractivity contribution in [1.82, 2.24) is 9.80 Å². The van der Waals surface area contributed by atoms with Crippen LogP contribution in [0.3, 0.4) is 0 Å². The smallest absolute Gasteiger partial charge is 0.147 e. The molecule has 1 saturated heterocycles. The molecule has 1 heterocycles. The van der Waals surface area contributed by atoms with Crippen LogP contribution >= 0.6 is 0 Å². The topological polar surface area (TPSA) is 65.1 Å². The third-order valence-electron chi connectivity index (χ3n) is 4.37. The van der Waals surface area contributed by atoms with Crippen molar-refractivity contribution in [2.45, 2.75) is 24.8 Å². The molecule has 0 aliphatic carbocycles. The second kappa shape index (κ2) is 7.43. The summed E-state index contributed by atoms with van der Waals surface area (Å²) >= 11 is 0. The van der Waals surface area contributed by atoms with Gasteiger partial charge in [-0.05, 0) is 39.0 Å². The molecule has 3 N–H and O–H groups in total. The predicted molar refractivity (Wildman–Crippen MR) is 85.7 cm³/mol. The first-order valence-electron chi connectivity index (χ1n) is 7.53. The number of oxime groups is 1. The predicted octanol–water partition coefficient (Wildman–Crippen LogP) is 1.54. The molecule has 116 valence electrons. The molecule has 2 atom stereocenters. The highest BCUT2D eigenvalue weighted by Gasteiger charge is 2.25. The van der Waals surface area contributed by atoms with E-state index in [9.17, 15) is 0 Å². The van der Waals surface area contributed by atoms with E-state index in [0.29, 0.717) is 6.04 Å². The second-order valence-corrected chi connectivity index (χ2v) is 5.99. The van der Waals surface area contributed by atoms with Crippen LogP contribution < -0.4 is 5.73 Å². The molecule has 0 radical (unpaired) electrons. The van der Waals surface area contributed by atoms with E-state index >= 15 is 0 Å². The van der Waals surface area contributed by atoms with E-state index < -0.39 is 0 Å². The fourth-order valence-corrected chi connectivity index (χ4v) is 3.06. The maximum Gasteiger partial charge on any atom is 0.147 e. The van der Waals surface area contributed by atoms with Gasteiger partial charge in [0.25, 0.3) is 0 Å². The molecule has 2 rings (SSSR count). The number of amidine groups is 1. The number of likely N-dealkylation sites (N-methyl/N-ethyl adjacent to an activating group) is 2. The Balaban J connectivity index is 2.08. The zero-order valence-electron chi connectivity index (χ0n) is 12.9. The van der Waals surface area contributed by atoms with Gasteiger partial charge < -0.3 is 20.7 Å². The summed E-state index contributed by atoms with van der Waals surface area (Å²) in [6.45, 7) is 3.01. The van der Waals surface area contributed by atoms with E-state index in [1.807, 2.05) is 30.3 Å². The molecule has 1 aromatic rings. The van der Waals surface area contributed by atoms with Crippen LogP contribution in [0.1, 0.15) is 24.3 Å². The lowest BCUT2D eigenvalue weighted by molar-refractivity contribution is 0.133. The third-order valence-corrected chi connectivity index (χ3v) is 4.37. The summed E-state index contributed by atoms with van der Waals surface area (Å²) in [6, 6.07) is 10.5. The number of nitrogens with zero attached hydrogens (tertiary/aromatic N) is 3. The molecule has 0 aromatic heterocycles. The molecule has 2 unspecified atom stereocenters. The van der Waals surface area contributed by atoms with Crippen molar-refractivity contribution >= 4 is 5.84 Å². The van der Waals surface area contributed by atoms with Crippen molar-refractivity contribution < 1.29 is 5.21 Å². The van der Waals surface area contributed by atoms with Crippen LogP contribution in [0.4, 0.5) is 0 Å². The average Bonchev–Trinajstić information content (AvgIpc) is 2.52. The van der Waals surface area contributed by atoms with Gasteiger partial charge in [-0.3, -0.25) is 0 Å². The molecule has 0 saturated carbocycles. The van der Waals surface area contributed by atoms with Crippen molar-refractivity contribution in [3.63, 3.8) is 0 Å². The van der Waals surface area contributed by atoms with Crippen molar-refractivity contribution in [3.05, 3.63) is 35.9 Å². The first-order valence-corrected chi connectivity index (χ1v) is 7.53. The minimum atomic E-state index is -0.0755. The maximum atomic E-state index is 9.07. The molecular weight excluding hydrogens is 264 g/mol. The lowest BCUT2D eigenvalue weighted by Gasteiger charge is -2.37. The monoisotopic (exact) mass is 290 g/mol. The van der Waals surface area contributed by atoms with E-state index in [1.54, 1.807) is 0 Å². The van der Waals surface area contributed by atoms with Crippen LogP contribution in [0.25, 0.3) is 0 Å². The molecule has 5 nitrogen and oxygen atoms in total. The molecule has 0 bridgehead atoms. The lowest BCUT2D eigenvalue weighted by atomic mass is 9.96. The fraction of sp³-hybridized carbons (Fsp3) is 0.562. The van der Waals surface area contributed by atoms with Gasteiger partial charge in [0.05, 0.1) is 5.92 Å². The summed E-state index contributed by atoms with van der Waals surface area (Å²) in [4.78, 5) is 4.71. The highest BCUT2D eigenvalue weighted by Crippen LogP contribution is 2.20. The molecule has 5 heteroatoms. The Morgan fingerprint density at radius 2 is 2.19 bits per heavy atom. The van der Waals surface area contributed by atoms with Crippen molar-refractivity contribution in [1.29, 1.82) is 0 Å². The molecular formula is C16H26N4O. The van der Waals surface area contributed by atoms with Crippen molar-refractivity contribution in [2.24, 2.45) is 10.9 Å². The van der Waals surface area contributed by atoms with Gasteiger partial charge in [0.1, 0.15) is 5.84 Å². The van der Waals surface area contributed by atoms with Crippen LogP contribution in [0.15, 0.2) is 35.5 Å². The number of hydrogen-bond acceptors (Lipinski definition) is 4.